The average Bonchev–Trinajstić information content (AvgIpc) is 3.29. The smallest absolute Gasteiger partial charge is 0.331 e. The maximum atomic E-state index is 14.4. The van der Waals surface area contributed by atoms with Gasteiger partial charge in [0.25, 0.3) is 5.91 Å². The Hall–Kier alpha value is -3.63. The zero-order chi connectivity index (χ0) is 25.5. The normalized spacial score (nSPS) is 11.4. The van der Waals surface area contributed by atoms with Crippen molar-refractivity contribution in [2.75, 3.05) is 19.0 Å². The van der Waals surface area contributed by atoms with Crippen molar-refractivity contribution in [1.29, 1.82) is 0 Å². The molecule has 2 N–H and O–H groups in total. The molecule has 0 bridgehead atoms. The number of thiazole rings is 1. The predicted octanol–water partition coefficient (Wildman–Crippen LogP) is 5.76. The van der Waals surface area contributed by atoms with Gasteiger partial charge in [0.2, 0.25) is 0 Å². The third kappa shape index (κ3) is 6.28. The summed E-state index contributed by atoms with van der Waals surface area (Å²) in [4.78, 5) is 27.9. The van der Waals surface area contributed by atoms with Crippen LogP contribution in [-0.2, 0) is 16.1 Å². The molecule has 0 aliphatic carbocycles. The molecule has 0 unspecified atom stereocenters. The molecule has 2 aromatic carbocycles. The van der Waals surface area contributed by atoms with Crippen LogP contribution in [0.5, 0.6) is 5.75 Å². The van der Waals surface area contributed by atoms with E-state index in [4.69, 9.17) is 14.6 Å². The van der Waals surface area contributed by atoms with Crippen LogP contribution in [0, 0.1) is 11.6 Å². The standard InChI is InChI=1S/C25H24F2N2O5S/c1-4-8-34-12-15-6-5-7-17(22(15)33-3)21-13-35-25(28-21)29-23(30)16-10-19(26)18(20(27)11-16)9-14(2)24(31)32/h5-7,9-11,13H,4,8,12H2,1-3H3,(H,31,32)(H,28,29,30). The van der Waals surface area contributed by atoms with Crippen molar-refractivity contribution in [3.8, 4) is 17.0 Å². The van der Waals surface area contributed by atoms with Crippen molar-refractivity contribution >= 4 is 34.4 Å². The predicted molar refractivity (Wildman–Crippen MR) is 130 cm³/mol. The number of carboxylic acids is 1. The molecule has 0 aliphatic heterocycles. The van der Waals surface area contributed by atoms with Gasteiger partial charge in [-0.15, -0.1) is 11.3 Å². The van der Waals surface area contributed by atoms with Gasteiger partial charge in [0, 0.05) is 39.8 Å². The number of hydrogen-bond donors (Lipinski definition) is 2. The monoisotopic (exact) mass is 502 g/mol. The Labute approximate surface area is 205 Å². The molecule has 0 atom stereocenters. The van der Waals surface area contributed by atoms with Crippen molar-refractivity contribution in [3.63, 3.8) is 0 Å². The highest BCUT2D eigenvalue weighted by atomic mass is 32.1. The van der Waals surface area contributed by atoms with Gasteiger partial charge in [-0.05, 0) is 37.6 Å². The first kappa shape index (κ1) is 26.0. The van der Waals surface area contributed by atoms with Crippen LogP contribution in [0.3, 0.4) is 0 Å². The maximum Gasteiger partial charge on any atom is 0.331 e. The van der Waals surface area contributed by atoms with Gasteiger partial charge in [-0.25, -0.2) is 18.6 Å². The van der Waals surface area contributed by atoms with Gasteiger partial charge in [-0.3, -0.25) is 10.1 Å². The van der Waals surface area contributed by atoms with Crippen molar-refractivity contribution in [2.24, 2.45) is 0 Å². The summed E-state index contributed by atoms with van der Waals surface area (Å²) >= 11 is 1.14. The van der Waals surface area contributed by atoms with Gasteiger partial charge in [0.1, 0.15) is 17.4 Å². The summed E-state index contributed by atoms with van der Waals surface area (Å²) in [6, 6.07) is 7.27. The Morgan fingerprint density at radius 1 is 1.23 bits per heavy atom. The van der Waals surface area contributed by atoms with Gasteiger partial charge < -0.3 is 14.6 Å². The molecular weight excluding hydrogens is 478 g/mol. The van der Waals surface area contributed by atoms with E-state index in [1.165, 1.54) is 6.92 Å². The summed E-state index contributed by atoms with van der Waals surface area (Å²) in [5.41, 5.74) is 1.08. The lowest BCUT2D eigenvalue weighted by atomic mass is 10.1. The Balaban J connectivity index is 1.81. The fourth-order valence-electron chi connectivity index (χ4n) is 3.22. The summed E-state index contributed by atoms with van der Waals surface area (Å²) < 4.78 is 40.0. The first-order chi connectivity index (χ1) is 16.7. The van der Waals surface area contributed by atoms with E-state index in [1.807, 2.05) is 25.1 Å². The van der Waals surface area contributed by atoms with Gasteiger partial charge in [-0.1, -0.05) is 19.1 Å². The summed E-state index contributed by atoms with van der Waals surface area (Å²) in [5, 5.41) is 13.4. The van der Waals surface area contributed by atoms with Gasteiger partial charge in [-0.2, -0.15) is 0 Å². The molecule has 0 aliphatic rings. The van der Waals surface area contributed by atoms with E-state index in [-0.39, 0.29) is 16.3 Å². The minimum Gasteiger partial charge on any atom is -0.496 e. The molecule has 184 valence electrons. The van der Waals surface area contributed by atoms with Crippen LogP contribution in [-0.4, -0.2) is 35.7 Å². The summed E-state index contributed by atoms with van der Waals surface area (Å²) in [6.45, 7) is 4.24. The number of amides is 1. The number of carbonyl (C=O) groups excluding carboxylic acids is 1. The highest BCUT2D eigenvalue weighted by Crippen LogP contribution is 2.35. The molecule has 1 aromatic heterocycles. The number of carbonyl (C=O) groups is 2. The molecule has 35 heavy (non-hydrogen) atoms. The Bertz CT molecular complexity index is 1250. The summed E-state index contributed by atoms with van der Waals surface area (Å²) in [5.74, 6) is -3.57. The molecule has 3 aromatic rings. The number of hydrogen-bond acceptors (Lipinski definition) is 6. The molecule has 0 saturated heterocycles. The lowest BCUT2D eigenvalue weighted by Gasteiger charge is -2.12. The fraction of sp³-hybridized carbons (Fsp3) is 0.240. The fourth-order valence-corrected chi connectivity index (χ4v) is 3.93. The number of carboxylic acid groups (broad SMARTS) is 1. The summed E-state index contributed by atoms with van der Waals surface area (Å²) in [6.07, 6.45) is 1.77. The molecule has 0 fully saturated rings. The second kappa shape index (κ2) is 11.7. The first-order valence-electron chi connectivity index (χ1n) is 10.7. The second-order valence-electron chi connectivity index (χ2n) is 7.53. The lowest BCUT2D eigenvalue weighted by Crippen LogP contribution is -2.13. The van der Waals surface area contributed by atoms with E-state index >= 15 is 0 Å². The number of nitrogens with zero attached hydrogens (tertiary/aromatic N) is 1. The van der Waals surface area contributed by atoms with Crippen LogP contribution >= 0.6 is 11.3 Å². The number of anilines is 1. The number of aromatic nitrogens is 1. The van der Waals surface area contributed by atoms with Crippen molar-refractivity contribution in [1.82, 2.24) is 4.98 Å². The highest BCUT2D eigenvalue weighted by molar-refractivity contribution is 7.14. The molecule has 1 amide bonds. The second-order valence-corrected chi connectivity index (χ2v) is 8.39. The summed E-state index contributed by atoms with van der Waals surface area (Å²) in [7, 11) is 1.55. The molecule has 3 rings (SSSR count). The third-order valence-electron chi connectivity index (χ3n) is 4.95. The van der Waals surface area contributed by atoms with Crippen LogP contribution in [0.25, 0.3) is 17.3 Å². The number of methoxy groups -OCH3 is 1. The number of benzene rings is 2. The number of nitrogens with one attached hydrogen (secondary N) is 1. The Kier molecular flexibility index (Phi) is 8.67. The zero-order valence-corrected chi connectivity index (χ0v) is 20.2. The SMILES string of the molecule is CCCOCc1cccc(-c2csc(NC(=O)c3cc(F)c(C=C(C)C(=O)O)c(F)c3)n2)c1OC. The van der Waals surface area contributed by atoms with E-state index in [9.17, 15) is 18.4 Å². The minimum absolute atomic E-state index is 0.228. The molecule has 0 spiro atoms. The van der Waals surface area contributed by atoms with Crippen LogP contribution in [0.2, 0.25) is 0 Å². The Morgan fingerprint density at radius 2 is 1.94 bits per heavy atom. The van der Waals surface area contributed by atoms with E-state index in [0.29, 0.717) is 30.2 Å². The third-order valence-corrected chi connectivity index (χ3v) is 5.70. The first-order valence-corrected chi connectivity index (χ1v) is 11.5. The van der Waals surface area contributed by atoms with Gasteiger partial charge in [0.05, 0.1) is 19.4 Å². The molecule has 7 nitrogen and oxygen atoms in total. The van der Waals surface area contributed by atoms with Crippen LogP contribution in [0.15, 0.2) is 41.3 Å². The average molecular weight is 503 g/mol. The molecule has 10 heteroatoms. The number of ether oxygens (including phenoxy) is 2. The number of rotatable bonds is 10. The number of para-hydroxylation sites is 1. The quantitative estimate of drug-likeness (QED) is 0.270. The van der Waals surface area contributed by atoms with Gasteiger partial charge >= 0.3 is 5.97 Å². The van der Waals surface area contributed by atoms with E-state index in [0.717, 1.165) is 41.5 Å². The topological polar surface area (TPSA) is 97.8 Å². The van der Waals surface area contributed by atoms with E-state index in [2.05, 4.69) is 10.3 Å². The maximum absolute atomic E-state index is 14.4. The largest absolute Gasteiger partial charge is 0.496 e. The lowest BCUT2D eigenvalue weighted by molar-refractivity contribution is -0.132. The molecule has 0 saturated carbocycles. The molecule has 0 radical (unpaired) electrons. The van der Waals surface area contributed by atoms with Gasteiger partial charge in [0.15, 0.2) is 5.13 Å². The zero-order valence-electron chi connectivity index (χ0n) is 19.4. The van der Waals surface area contributed by atoms with Crippen molar-refractivity contribution < 1.29 is 33.0 Å². The van der Waals surface area contributed by atoms with Crippen molar-refractivity contribution in [2.45, 2.75) is 26.9 Å². The molecular formula is C25H24F2N2O5S. The van der Waals surface area contributed by atoms with Crippen LogP contribution in [0.1, 0.15) is 41.8 Å². The van der Waals surface area contributed by atoms with Crippen LogP contribution < -0.4 is 10.1 Å². The van der Waals surface area contributed by atoms with E-state index < -0.39 is 29.1 Å². The minimum atomic E-state index is -1.30. The highest BCUT2D eigenvalue weighted by Gasteiger charge is 2.18. The van der Waals surface area contributed by atoms with Crippen molar-refractivity contribution in [3.05, 3.63) is 69.6 Å². The molecule has 1 heterocycles. The van der Waals surface area contributed by atoms with E-state index in [1.54, 1.807) is 12.5 Å². The Morgan fingerprint density at radius 3 is 2.57 bits per heavy atom. The number of aliphatic carboxylic acids is 1. The number of halogens is 2. The van der Waals surface area contributed by atoms with Crippen LogP contribution in [0.4, 0.5) is 13.9 Å².